The lowest BCUT2D eigenvalue weighted by Crippen LogP contribution is -2.73. The van der Waals surface area contributed by atoms with Crippen LogP contribution >= 0.6 is 0 Å². The lowest BCUT2D eigenvalue weighted by Gasteiger charge is -2.61. The highest BCUT2D eigenvalue weighted by atomic mass is 16.6. The Labute approximate surface area is 243 Å². The monoisotopic (exact) mass is 596 g/mol. The van der Waals surface area contributed by atoms with Crippen LogP contribution in [0.4, 0.5) is 0 Å². The van der Waals surface area contributed by atoms with Gasteiger partial charge in [0.2, 0.25) is 0 Å². The molecule has 4 aliphatic rings. The smallest absolute Gasteiger partial charge is 0.303 e. The summed E-state index contributed by atoms with van der Waals surface area (Å²) in [5.41, 5.74) is -4.01. The molecule has 1 saturated heterocycles. The molecule has 0 aromatic rings. The van der Waals surface area contributed by atoms with Gasteiger partial charge in [-0.2, -0.15) is 0 Å². The molecular weight excluding hydrogens is 556 g/mol. The summed E-state index contributed by atoms with van der Waals surface area (Å²) < 4.78 is 34.8. The number of fused-ring (bicyclic) bond motifs is 4. The Morgan fingerprint density at radius 2 is 1.36 bits per heavy atom. The Bertz CT molecular complexity index is 1200. The van der Waals surface area contributed by atoms with Crippen molar-refractivity contribution in [3.63, 3.8) is 0 Å². The van der Waals surface area contributed by atoms with E-state index in [-0.39, 0.29) is 19.4 Å². The molecule has 0 amide bonds. The lowest BCUT2D eigenvalue weighted by molar-refractivity contribution is -0.258. The lowest BCUT2D eigenvalue weighted by atomic mass is 9.49. The van der Waals surface area contributed by atoms with Crippen LogP contribution in [0.2, 0.25) is 0 Å². The van der Waals surface area contributed by atoms with E-state index in [0.717, 1.165) is 13.8 Å². The number of epoxide rings is 1. The van der Waals surface area contributed by atoms with E-state index in [1.165, 1.54) is 20.8 Å². The number of hydrogen-bond donors (Lipinski definition) is 2. The average molecular weight is 597 g/mol. The summed E-state index contributed by atoms with van der Waals surface area (Å²) in [6, 6.07) is 0. The molecule has 234 valence electrons. The van der Waals surface area contributed by atoms with E-state index in [1.807, 2.05) is 0 Å². The van der Waals surface area contributed by atoms with Crippen LogP contribution in [0.3, 0.4) is 0 Å². The maximum absolute atomic E-state index is 12.8. The van der Waals surface area contributed by atoms with Gasteiger partial charge in [-0.3, -0.25) is 24.0 Å². The molecule has 10 atom stereocenters. The number of carbonyl (C=O) groups excluding carboxylic acids is 5. The number of aliphatic hydroxyl groups excluding tert-OH is 1. The second kappa shape index (κ2) is 10.9. The molecule has 3 aliphatic carbocycles. The minimum atomic E-state index is -2.02. The molecule has 2 N–H and O–H groups in total. The van der Waals surface area contributed by atoms with Crippen LogP contribution in [-0.2, 0) is 52.4 Å². The van der Waals surface area contributed by atoms with Gasteiger partial charge in [-0.25, -0.2) is 0 Å². The van der Waals surface area contributed by atoms with Gasteiger partial charge in [0.15, 0.2) is 6.10 Å². The predicted octanol–water partition coefficient (Wildman–Crippen LogP) is 0.902. The Kier molecular flexibility index (Phi) is 8.29. The first-order chi connectivity index (χ1) is 19.4. The first kappa shape index (κ1) is 31.9. The van der Waals surface area contributed by atoms with Gasteiger partial charge in [0.25, 0.3) is 0 Å². The molecule has 0 radical (unpaired) electrons. The minimum absolute atomic E-state index is 0.00717. The normalized spacial score (nSPS) is 40.0. The van der Waals surface area contributed by atoms with Gasteiger partial charge in [-0.1, -0.05) is 13.8 Å². The average Bonchev–Trinajstić information content (AvgIpc) is 3.61. The second-order valence-electron chi connectivity index (χ2n) is 12.3. The highest BCUT2D eigenvalue weighted by molar-refractivity contribution is 5.69. The van der Waals surface area contributed by atoms with Crippen molar-refractivity contribution in [2.75, 3.05) is 6.61 Å². The van der Waals surface area contributed by atoms with Crippen molar-refractivity contribution in [2.45, 2.75) is 116 Å². The van der Waals surface area contributed by atoms with Crippen molar-refractivity contribution in [1.82, 2.24) is 0 Å². The van der Waals surface area contributed by atoms with Gasteiger partial charge < -0.3 is 38.6 Å². The third-order valence-corrected chi connectivity index (χ3v) is 9.32. The molecule has 1 spiro atoms. The molecule has 0 aromatic carbocycles. The van der Waals surface area contributed by atoms with Gasteiger partial charge in [-0.15, -0.1) is 0 Å². The highest BCUT2D eigenvalue weighted by Gasteiger charge is 2.76. The van der Waals surface area contributed by atoms with Crippen LogP contribution in [0.5, 0.6) is 0 Å². The van der Waals surface area contributed by atoms with Crippen LogP contribution in [0.15, 0.2) is 11.1 Å². The van der Waals surface area contributed by atoms with Crippen molar-refractivity contribution in [2.24, 2.45) is 17.3 Å². The van der Waals surface area contributed by atoms with E-state index < -0.39 is 94.9 Å². The molecule has 13 heteroatoms. The van der Waals surface area contributed by atoms with Gasteiger partial charge in [0, 0.05) is 64.7 Å². The van der Waals surface area contributed by atoms with E-state index in [0.29, 0.717) is 11.1 Å². The quantitative estimate of drug-likeness (QED) is 0.198. The Hall–Kier alpha value is -3.03. The van der Waals surface area contributed by atoms with E-state index in [2.05, 4.69) is 0 Å². The minimum Gasteiger partial charge on any atom is -0.459 e. The molecule has 13 nitrogen and oxygen atoms in total. The zero-order chi connectivity index (χ0) is 31.5. The summed E-state index contributed by atoms with van der Waals surface area (Å²) in [5.74, 6) is -5.81. The number of ether oxygens (including phenoxy) is 6. The first-order valence-electron chi connectivity index (χ1n) is 14.0. The topological polar surface area (TPSA) is 184 Å². The van der Waals surface area contributed by atoms with Crippen molar-refractivity contribution >= 4 is 29.8 Å². The van der Waals surface area contributed by atoms with Crippen LogP contribution in [-0.4, -0.2) is 94.5 Å². The number of carbonyl (C=O) groups is 5. The summed E-state index contributed by atoms with van der Waals surface area (Å²) in [6.07, 6.45) is -7.95. The molecule has 42 heavy (non-hydrogen) atoms. The standard InChI is InChI=1S/C29H40O13/c1-12-19(38-13(2)30)10-29(36)26(42-17(6)34)23-21(18(35)9-20(39-14(3)31)28(23)11-37-28)24(40-15(4)32)25(41-16(5)33)22(12)27(29,7)8/h18-21,23-26,35-36H,9-11H2,1-8H3/t18-,19-,20-,21-,23+,24+,25+,26-,28-,29+/m0/s1. The zero-order valence-corrected chi connectivity index (χ0v) is 25.1. The summed E-state index contributed by atoms with van der Waals surface area (Å²) in [6.45, 7) is 10.9. The number of rotatable bonds is 5. The maximum Gasteiger partial charge on any atom is 0.303 e. The SMILES string of the molecule is CC(=O)O[C@@H]1[C@@H]2[C@H]([C@H](OC(C)=O)[C@]3(O)C[C@H](OC(C)=O)C(C)=C([C@H]1OC(C)=O)C3(C)C)[C@]1(CO1)[C@@H](OC(C)=O)C[C@@H]2O. The molecule has 1 heterocycles. The predicted molar refractivity (Wildman–Crippen MR) is 140 cm³/mol. The summed E-state index contributed by atoms with van der Waals surface area (Å²) in [5, 5.41) is 24.5. The van der Waals surface area contributed by atoms with Crippen LogP contribution in [0.1, 0.15) is 68.2 Å². The summed E-state index contributed by atoms with van der Waals surface area (Å²) in [4.78, 5) is 62.2. The van der Waals surface area contributed by atoms with E-state index in [9.17, 15) is 34.2 Å². The van der Waals surface area contributed by atoms with Crippen LogP contribution in [0, 0.1) is 17.3 Å². The van der Waals surface area contributed by atoms with E-state index in [4.69, 9.17) is 28.4 Å². The fourth-order valence-corrected chi connectivity index (χ4v) is 7.67. The Balaban J connectivity index is 2.10. The van der Waals surface area contributed by atoms with Crippen LogP contribution in [0.25, 0.3) is 0 Å². The van der Waals surface area contributed by atoms with Crippen molar-refractivity contribution < 1.29 is 62.6 Å². The second-order valence-corrected chi connectivity index (χ2v) is 12.3. The molecule has 0 aromatic heterocycles. The van der Waals surface area contributed by atoms with E-state index >= 15 is 0 Å². The molecule has 0 unspecified atom stereocenters. The largest absolute Gasteiger partial charge is 0.459 e. The van der Waals surface area contributed by atoms with Gasteiger partial charge in [-0.05, 0) is 18.1 Å². The summed E-state index contributed by atoms with van der Waals surface area (Å²) >= 11 is 0. The Morgan fingerprint density at radius 3 is 1.83 bits per heavy atom. The molecular formula is C29H40O13. The Morgan fingerprint density at radius 1 is 0.833 bits per heavy atom. The van der Waals surface area contributed by atoms with Crippen molar-refractivity contribution in [3.05, 3.63) is 11.1 Å². The van der Waals surface area contributed by atoms with Gasteiger partial charge >= 0.3 is 29.8 Å². The molecule has 3 fully saturated rings. The molecule has 2 bridgehead atoms. The fourth-order valence-electron chi connectivity index (χ4n) is 7.67. The number of esters is 5. The van der Waals surface area contributed by atoms with Gasteiger partial charge in [0.1, 0.15) is 35.6 Å². The fraction of sp³-hybridized carbons (Fsp3) is 0.759. The third kappa shape index (κ3) is 5.19. The molecule has 2 saturated carbocycles. The summed E-state index contributed by atoms with van der Waals surface area (Å²) in [7, 11) is 0. The number of aliphatic hydroxyl groups is 2. The van der Waals surface area contributed by atoms with Gasteiger partial charge in [0.05, 0.1) is 12.7 Å². The third-order valence-electron chi connectivity index (χ3n) is 9.32. The first-order valence-corrected chi connectivity index (χ1v) is 14.0. The van der Waals surface area contributed by atoms with Crippen LogP contribution < -0.4 is 0 Å². The van der Waals surface area contributed by atoms with Crippen molar-refractivity contribution in [1.29, 1.82) is 0 Å². The highest BCUT2D eigenvalue weighted by Crippen LogP contribution is 2.62. The molecule has 1 aliphatic heterocycles. The number of hydrogen-bond acceptors (Lipinski definition) is 13. The molecule has 4 rings (SSSR count). The van der Waals surface area contributed by atoms with E-state index in [1.54, 1.807) is 20.8 Å². The van der Waals surface area contributed by atoms with Crippen molar-refractivity contribution in [3.8, 4) is 0 Å². The zero-order valence-electron chi connectivity index (χ0n) is 25.1. The maximum atomic E-state index is 12.8.